The Morgan fingerprint density at radius 3 is 1.85 bits per heavy atom. The molecule has 7 rings (SSSR count). The molecule has 2 aromatic carbocycles. The summed E-state index contributed by atoms with van der Waals surface area (Å²) in [6, 6.07) is 22.8. The molecule has 0 radical (unpaired) electrons. The van der Waals surface area contributed by atoms with Crippen molar-refractivity contribution in [2.24, 2.45) is 5.92 Å². The van der Waals surface area contributed by atoms with Gasteiger partial charge in [0.15, 0.2) is 0 Å². The lowest BCUT2D eigenvalue weighted by Gasteiger charge is -2.35. The summed E-state index contributed by atoms with van der Waals surface area (Å²) in [6.45, 7) is 6.11. The maximum atomic E-state index is 14.7. The number of carbonyl (C=O) groups is 5. The molecular formula is C51H63BrN8O6. The molecule has 0 bridgehead atoms. The molecule has 4 heterocycles. The van der Waals surface area contributed by atoms with Crippen LogP contribution in [0.25, 0.3) is 11.1 Å². The summed E-state index contributed by atoms with van der Waals surface area (Å²) in [6.07, 6.45) is 9.70. The molecule has 2 aliphatic heterocycles. The first-order valence-electron chi connectivity index (χ1n) is 23.5. The Kier molecular flexibility index (Phi) is 16.2. The van der Waals surface area contributed by atoms with E-state index in [9.17, 15) is 29.1 Å². The number of aromatic nitrogens is 2. The fourth-order valence-electron chi connectivity index (χ4n) is 9.64. The van der Waals surface area contributed by atoms with Crippen molar-refractivity contribution < 1.29 is 29.1 Å². The van der Waals surface area contributed by atoms with Crippen LogP contribution >= 0.6 is 15.9 Å². The number of hydrogen-bond acceptors (Lipinski definition) is 9. The molecule has 4 atom stereocenters. The predicted molar refractivity (Wildman–Crippen MR) is 258 cm³/mol. The first kappa shape index (κ1) is 48.3. The van der Waals surface area contributed by atoms with E-state index in [4.69, 9.17) is 4.98 Å². The average Bonchev–Trinajstić information content (AvgIpc) is 4.01. The van der Waals surface area contributed by atoms with Crippen molar-refractivity contribution in [2.75, 3.05) is 45.2 Å². The third kappa shape index (κ3) is 11.6. The molecule has 3 aliphatic rings. The number of halogens is 1. The second-order valence-electron chi connectivity index (χ2n) is 18.2. The monoisotopic (exact) mass is 962 g/mol. The molecule has 0 spiro atoms. The number of para-hydroxylation sites is 1. The number of hydrogen-bond donors (Lipinski definition) is 3. The Balaban J connectivity index is 1.27. The van der Waals surface area contributed by atoms with Gasteiger partial charge in [0.05, 0.1) is 0 Å². The molecule has 3 fully saturated rings. The van der Waals surface area contributed by atoms with Gasteiger partial charge in [-0.25, -0.2) is 14.8 Å². The lowest BCUT2D eigenvalue weighted by molar-refractivity contribution is -0.140. The number of likely N-dealkylation sites (tertiary alicyclic amines) is 2. The smallest absolute Gasteiger partial charge is 0.326 e. The van der Waals surface area contributed by atoms with Crippen LogP contribution in [0.15, 0.2) is 83.3 Å². The van der Waals surface area contributed by atoms with Crippen LogP contribution in [0.3, 0.4) is 0 Å². The zero-order valence-corrected chi connectivity index (χ0v) is 40.1. The summed E-state index contributed by atoms with van der Waals surface area (Å²) in [7, 11) is 4.13. The van der Waals surface area contributed by atoms with Crippen molar-refractivity contribution >= 4 is 51.2 Å². The summed E-state index contributed by atoms with van der Waals surface area (Å²) < 4.78 is 0.825. The van der Waals surface area contributed by atoms with Gasteiger partial charge in [0.2, 0.25) is 0 Å². The highest BCUT2D eigenvalue weighted by Gasteiger charge is 2.35. The largest absolute Gasteiger partial charge is 0.480 e. The molecule has 350 valence electrons. The minimum Gasteiger partial charge on any atom is -0.480 e. The lowest BCUT2D eigenvalue weighted by Crippen LogP contribution is -2.45. The number of benzene rings is 2. The third-order valence-electron chi connectivity index (χ3n) is 13.7. The fraction of sp³-hybridized carbons (Fsp3) is 0.471. The van der Waals surface area contributed by atoms with Crippen LogP contribution in [0.5, 0.6) is 0 Å². The topological polar surface area (TPSA) is 168 Å². The van der Waals surface area contributed by atoms with Crippen LogP contribution < -0.4 is 15.5 Å². The van der Waals surface area contributed by atoms with E-state index >= 15 is 0 Å². The highest BCUT2D eigenvalue weighted by molar-refractivity contribution is 9.10. The van der Waals surface area contributed by atoms with Crippen molar-refractivity contribution in [3.05, 3.63) is 112 Å². The number of pyridine rings is 2. The van der Waals surface area contributed by atoms with Crippen LogP contribution in [0, 0.1) is 5.92 Å². The number of aliphatic carboxylic acids is 1. The molecule has 4 aromatic rings. The molecule has 4 unspecified atom stereocenters. The molecule has 2 aromatic heterocycles. The maximum Gasteiger partial charge on any atom is 0.326 e. The fourth-order valence-corrected chi connectivity index (χ4v) is 10.1. The van der Waals surface area contributed by atoms with Crippen LogP contribution in [-0.2, 0) is 11.3 Å². The molecule has 3 N–H and O–H groups in total. The number of anilines is 1. The normalized spacial score (nSPS) is 18.5. The molecule has 1 saturated carbocycles. The SMILES string of the molecule is CCC(C)C(NC(=O)c1cc(-c2cc(C(=O)NCc3ccccc3Br)nc(C(=O)N3CCCC3CN(C)C3CCCCC3)c2)cc(C(=O)N2CCCC2CN(C)c2ccccc2)n1)C(=O)O. The first-order valence-corrected chi connectivity index (χ1v) is 24.3. The van der Waals surface area contributed by atoms with Gasteiger partial charge in [-0.2, -0.15) is 0 Å². The van der Waals surface area contributed by atoms with E-state index in [1.807, 2.05) is 73.5 Å². The number of nitrogens with one attached hydrogen (secondary N) is 2. The Bertz CT molecular complexity index is 2380. The van der Waals surface area contributed by atoms with Crippen molar-refractivity contribution in [1.82, 2.24) is 35.3 Å². The van der Waals surface area contributed by atoms with Crippen molar-refractivity contribution in [1.29, 1.82) is 0 Å². The lowest BCUT2D eigenvalue weighted by atomic mass is 9.94. The van der Waals surface area contributed by atoms with E-state index in [2.05, 4.69) is 48.4 Å². The number of rotatable bonds is 17. The summed E-state index contributed by atoms with van der Waals surface area (Å²) in [5, 5.41) is 15.7. The van der Waals surface area contributed by atoms with E-state index in [-0.39, 0.29) is 53.2 Å². The molecule has 2 saturated heterocycles. The number of carbonyl (C=O) groups excluding carboxylic acids is 4. The number of carboxylic acid groups (broad SMARTS) is 1. The minimum atomic E-state index is -1.21. The minimum absolute atomic E-state index is 0.0140. The predicted octanol–water partition coefficient (Wildman–Crippen LogP) is 7.68. The van der Waals surface area contributed by atoms with Crippen molar-refractivity contribution in [3.8, 4) is 11.1 Å². The van der Waals surface area contributed by atoms with Crippen LogP contribution in [0.2, 0.25) is 0 Å². The first-order chi connectivity index (χ1) is 31.8. The van der Waals surface area contributed by atoms with Gasteiger partial charge in [0.1, 0.15) is 28.8 Å². The van der Waals surface area contributed by atoms with E-state index in [0.717, 1.165) is 60.8 Å². The number of nitrogens with zero attached hydrogens (tertiary/aromatic N) is 6. The standard InChI is InChI=1S/C51H63BrN8O6/c1-5-33(2)46(51(65)66)56-48(62)43-27-36(29-45(55-43)50(64)60-25-15-22-40(60)32-58(4)38-19-10-7-11-20-38)35-26-42(47(61)53-30-34-16-12-13-23-41(34)52)54-44(28-35)49(63)59-24-14-21-39(59)31-57(3)37-17-8-6-9-18-37/h7,10-13,16,19-20,23,26-29,33,37,39-40,46H,5-6,8-9,14-15,17-18,21-22,24-25,30-32H2,1-4H3,(H,53,61)(H,56,62)(H,65,66). The molecular weight excluding hydrogens is 901 g/mol. The van der Waals surface area contributed by atoms with E-state index in [1.165, 1.54) is 25.3 Å². The zero-order chi connectivity index (χ0) is 46.9. The van der Waals surface area contributed by atoms with Crippen molar-refractivity contribution in [3.63, 3.8) is 0 Å². The van der Waals surface area contributed by atoms with Crippen molar-refractivity contribution in [2.45, 2.75) is 109 Å². The Labute approximate surface area is 396 Å². The van der Waals surface area contributed by atoms with E-state index in [0.29, 0.717) is 43.2 Å². The van der Waals surface area contributed by atoms with Crippen LogP contribution in [-0.4, -0.2) is 124 Å². The highest BCUT2D eigenvalue weighted by atomic mass is 79.9. The van der Waals surface area contributed by atoms with E-state index < -0.39 is 29.7 Å². The molecule has 14 nitrogen and oxygen atoms in total. The van der Waals surface area contributed by atoms with Gasteiger partial charge < -0.3 is 35.3 Å². The summed E-state index contributed by atoms with van der Waals surface area (Å²) in [5.74, 6) is -3.55. The summed E-state index contributed by atoms with van der Waals surface area (Å²) in [4.78, 5) is 87.5. The molecule has 4 amide bonds. The van der Waals surface area contributed by atoms with Gasteiger partial charge in [-0.15, -0.1) is 0 Å². The number of carboxylic acids is 1. The quantitative estimate of drug-likeness (QED) is 0.0956. The summed E-state index contributed by atoms with van der Waals surface area (Å²) >= 11 is 3.56. The third-order valence-corrected chi connectivity index (χ3v) is 14.5. The van der Waals surface area contributed by atoms with E-state index in [1.54, 1.807) is 30.0 Å². The van der Waals surface area contributed by atoms with Gasteiger partial charge in [-0.3, -0.25) is 19.2 Å². The molecule has 15 heteroatoms. The van der Waals surface area contributed by atoms with Crippen LogP contribution in [0.1, 0.15) is 126 Å². The maximum absolute atomic E-state index is 14.7. The van der Waals surface area contributed by atoms with Gasteiger partial charge in [0, 0.05) is 68.1 Å². The average molecular weight is 964 g/mol. The Morgan fingerprint density at radius 2 is 1.27 bits per heavy atom. The number of likely N-dealkylation sites (N-methyl/N-ethyl adjacent to an activating group) is 2. The van der Waals surface area contributed by atoms with Gasteiger partial charge in [-0.1, -0.05) is 91.9 Å². The van der Waals surface area contributed by atoms with Gasteiger partial charge in [-0.05, 0) is 111 Å². The second-order valence-corrected chi connectivity index (χ2v) is 19.1. The highest BCUT2D eigenvalue weighted by Crippen LogP contribution is 2.30. The zero-order valence-electron chi connectivity index (χ0n) is 38.5. The molecule has 66 heavy (non-hydrogen) atoms. The van der Waals surface area contributed by atoms with Crippen LogP contribution in [0.4, 0.5) is 5.69 Å². The Hall–Kier alpha value is -5.67. The number of amides is 4. The van der Waals surface area contributed by atoms with Gasteiger partial charge >= 0.3 is 5.97 Å². The summed E-state index contributed by atoms with van der Waals surface area (Å²) in [5.41, 5.74) is 2.44. The van der Waals surface area contributed by atoms with Gasteiger partial charge in [0.25, 0.3) is 23.6 Å². The molecule has 1 aliphatic carbocycles. The Morgan fingerprint density at radius 1 is 0.727 bits per heavy atom. The second kappa shape index (κ2) is 22.2.